The molecule has 2 unspecified atom stereocenters. The highest BCUT2D eigenvalue weighted by Gasteiger charge is 2.33. The quantitative estimate of drug-likeness (QED) is 0.443. The third-order valence-electron chi connectivity index (χ3n) is 4.49. The summed E-state index contributed by atoms with van der Waals surface area (Å²) in [5, 5.41) is 0.601. The van der Waals surface area contributed by atoms with Gasteiger partial charge in [-0.3, -0.25) is 9.59 Å². The van der Waals surface area contributed by atoms with Gasteiger partial charge in [-0.05, 0) is 30.2 Å². The topological polar surface area (TPSA) is 46.6 Å². The molecule has 0 saturated carbocycles. The number of hydrogen-bond donors (Lipinski definition) is 0. The van der Waals surface area contributed by atoms with Crippen LogP contribution in [-0.4, -0.2) is 36.9 Å². The molecule has 1 fully saturated rings. The fourth-order valence-electron chi connectivity index (χ4n) is 2.85. The zero-order valence-electron chi connectivity index (χ0n) is 14.4. The van der Waals surface area contributed by atoms with Gasteiger partial charge < -0.3 is 9.64 Å². The summed E-state index contributed by atoms with van der Waals surface area (Å²) in [6.07, 6.45) is 3.24. The molecule has 4 nitrogen and oxygen atoms in total. The molecule has 0 N–H and O–H groups in total. The van der Waals surface area contributed by atoms with Gasteiger partial charge in [0.25, 0.3) is 0 Å². The molecule has 0 aliphatic carbocycles. The number of likely N-dealkylation sites (tertiary alicyclic amines) is 1. The van der Waals surface area contributed by atoms with Gasteiger partial charge in [-0.25, -0.2) is 0 Å². The van der Waals surface area contributed by atoms with Crippen LogP contribution in [0.1, 0.15) is 37.0 Å². The lowest BCUT2D eigenvalue weighted by atomic mass is 10.1. The third-order valence-corrected chi connectivity index (χ3v) is 4.74. The third kappa shape index (κ3) is 4.60. The predicted molar refractivity (Wildman–Crippen MR) is 95.0 cm³/mol. The lowest BCUT2D eigenvalue weighted by Gasteiger charge is -2.23. The SMILES string of the molecule is CCC(C)CN1CC(C(=O)OC)C/C1=C/C(=O)c1ccc(Cl)cc1. The second-order valence-electron chi connectivity index (χ2n) is 6.35. The number of ketones is 1. The summed E-state index contributed by atoms with van der Waals surface area (Å²) in [4.78, 5) is 26.5. The summed E-state index contributed by atoms with van der Waals surface area (Å²) in [5.41, 5.74) is 1.50. The number of allylic oxidation sites excluding steroid dienone is 2. The van der Waals surface area contributed by atoms with E-state index in [1.807, 2.05) is 0 Å². The van der Waals surface area contributed by atoms with Gasteiger partial charge >= 0.3 is 5.97 Å². The molecule has 130 valence electrons. The number of esters is 1. The number of carbonyl (C=O) groups is 2. The molecule has 1 aliphatic rings. The van der Waals surface area contributed by atoms with E-state index in [2.05, 4.69) is 18.7 Å². The maximum Gasteiger partial charge on any atom is 0.310 e. The number of carbonyl (C=O) groups excluding carboxylic acids is 2. The second-order valence-corrected chi connectivity index (χ2v) is 6.79. The Morgan fingerprint density at radius 3 is 2.62 bits per heavy atom. The van der Waals surface area contributed by atoms with Crippen molar-refractivity contribution in [3.8, 4) is 0 Å². The van der Waals surface area contributed by atoms with Crippen molar-refractivity contribution in [2.75, 3.05) is 20.2 Å². The van der Waals surface area contributed by atoms with Crippen molar-refractivity contribution in [1.82, 2.24) is 4.90 Å². The van der Waals surface area contributed by atoms with Crippen molar-refractivity contribution < 1.29 is 14.3 Å². The van der Waals surface area contributed by atoms with Crippen LogP contribution in [0.4, 0.5) is 0 Å². The van der Waals surface area contributed by atoms with E-state index >= 15 is 0 Å². The van der Waals surface area contributed by atoms with Gasteiger partial charge in [-0.1, -0.05) is 31.9 Å². The van der Waals surface area contributed by atoms with Gasteiger partial charge in [0.2, 0.25) is 0 Å². The molecule has 2 atom stereocenters. The first-order valence-corrected chi connectivity index (χ1v) is 8.65. The van der Waals surface area contributed by atoms with Crippen molar-refractivity contribution >= 4 is 23.4 Å². The van der Waals surface area contributed by atoms with Gasteiger partial charge in [-0.2, -0.15) is 0 Å². The number of ether oxygens (including phenoxy) is 1. The Balaban J connectivity index is 2.20. The van der Waals surface area contributed by atoms with Crippen molar-refractivity contribution in [2.45, 2.75) is 26.7 Å². The zero-order valence-corrected chi connectivity index (χ0v) is 15.2. The average Bonchev–Trinajstić information content (AvgIpc) is 2.97. The van der Waals surface area contributed by atoms with E-state index in [1.54, 1.807) is 30.3 Å². The van der Waals surface area contributed by atoms with E-state index in [0.29, 0.717) is 29.5 Å². The largest absolute Gasteiger partial charge is 0.469 e. The molecule has 0 radical (unpaired) electrons. The summed E-state index contributed by atoms with van der Waals surface area (Å²) in [7, 11) is 1.40. The van der Waals surface area contributed by atoms with Crippen molar-refractivity contribution in [1.29, 1.82) is 0 Å². The zero-order chi connectivity index (χ0) is 17.7. The minimum absolute atomic E-state index is 0.0682. The summed E-state index contributed by atoms with van der Waals surface area (Å²) in [6, 6.07) is 6.84. The normalized spacial score (nSPS) is 20.2. The predicted octanol–water partition coefficient (Wildman–Crippen LogP) is 3.95. The van der Waals surface area contributed by atoms with Crippen molar-refractivity contribution in [3.05, 3.63) is 46.6 Å². The Morgan fingerprint density at radius 1 is 1.38 bits per heavy atom. The average molecular weight is 350 g/mol. The van der Waals surface area contributed by atoms with Crippen LogP contribution in [0.5, 0.6) is 0 Å². The maximum atomic E-state index is 12.5. The van der Waals surface area contributed by atoms with E-state index in [1.165, 1.54) is 7.11 Å². The highest BCUT2D eigenvalue weighted by Crippen LogP contribution is 2.29. The second kappa shape index (κ2) is 8.34. The van der Waals surface area contributed by atoms with Crippen molar-refractivity contribution in [3.63, 3.8) is 0 Å². The Hall–Kier alpha value is -1.81. The molecule has 1 saturated heterocycles. The standard InChI is InChI=1S/C19H24ClNO3/c1-4-13(2)11-21-12-15(19(23)24-3)9-17(21)10-18(22)14-5-7-16(20)8-6-14/h5-8,10,13,15H,4,9,11-12H2,1-3H3/b17-10-. The van der Waals surface area contributed by atoms with Crippen LogP contribution in [0.15, 0.2) is 36.0 Å². The van der Waals surface area contributed by atoms with E-state index in [4.69, 9.17) is 16.3 Å². The first-order chi connectivity index (χ1) is 11.4. The number of rotatable bonds is 6. The van der Waals surface area contributed by atoms with Crippen LogP contribution in [0.2, 0.25) is 5.02 Å². The highest BCUT2D eigenvalue weighted by molar-refractivity contribution is 6.30. The molecule has 24 heavy (non-hydrogen) atoms. The molecule has 0 spiro atoms. The number of halogens is 1. The minimum Gasteiger partial charge on any atom is -0.469 e. The molecule has 0 aromatic heterocycles. The van der Waals surface area contributed by atoms with Crippen LogP contribution in [0, 0.1) is 11.8 Å². The van der Waals surface area contributed by atoms with Gasteiger partial charge in [-0.15, -0.1) is 0 Å². The molecule has 2 rings (SSSR count). The van der Waals surface area contributed by atoms with Crippen molar-refractivity contribution in [2.24, 2.45) is 11.8 Å². The van der Waals surface area contributed by atoms with Gasteiger partial charge in [0.05, 0.1) is 13.0 Å². The van der Waals surface area contributed by atoms with E-state index in [9.17, 15) is 9.59 Å². The van der Waals surface area contributed by atoms with E-state index in [-0.39, 0.29) is 17.7 Å². The molecular formula is C19H24ClNO3. The van der Waals surface area contributed by atoms with Crippen LogP contribution in [0.3, 0.4) is 0 Å². The van der Waals surface area contributed by atoms with Crippen LogP contribution >= 0.6 is 11.6 Å². The summed E-state index contributed by atoms with van der Waals surface area (Å²) in [6.45, 7) is 5.76. The van der Waals surface area contributed by atoms with Gasteiger partial charge in [0, 0.05) is 41.9 Å². The number of benzene rings is 1. The molecule has 0 bridgehead atoms. The van der Waals surface area contributed by atoms with Crippen LogP contribution < -0.4 is 0 Å². The molecule has 1 aromatic carbocycles. The van der Waals surface area contributed by atoms with Crippen LogP contribution in [-0.2, 0) is 9.53 Å². The monoisotopic (exact) mass is 349 g/mol. The first kappa shape index (κ1) is 18.5. The Bertz CT molecular complexity index is 624. The Kier molecular flexibility index (Phi) is 6.44. The maximum absolute atomic E-state index is 12.5. The van der Waals surface area contributed by atoms with Crippen LogP contribution in [0.25, 0.3) is 0 Å². The smallest absolute Gasteiger partial charge is 0.310 e. The lowest BCUT2D eigenvalue weighted by molar-refractivity contribution is -0.144. The van der Waals surface area contributed by atoms with E-state index in [0.717, 1.165) is 18.7 Å². The molecule has 1 aliphatic heterocycles. The molecule has 0 amide bonds. The minimum atomic E-state index is -0.216. The first-order valence-electron chi connectivity index (χ1n) is 8.27. The molecule has 1 aromatic rings. The fourth-order valence-corrected chi connectivity index (χ4v) is 2.98. The van der Waals surface area contributed by atoms with Gasteiger partial charge in [0.15, 0.2) is 5.78 Å². The highest BCUT2D eigenvalue weighted by atomic mass is 35.5. The molecule has 5 heteroatoms. The van der Waals surface area contributed by atoms with E-state index < -0.39 is 0 Å². The molecular weight excluding hydrogens is 326 g/mol. The lowest BCUT2D eigenvalue weighted by Crippen LogP contribution is -2.27. The molecule has 1 heterocycles. The number of hydrogen-bond acceptors (Lipinski definition) is 4. The fraction of sp³-hybridized carbons (Fsp3) is 0.474. The van der Waals surface area contributed by atoms with Gasteiger partial charge in [0.1, 0.15) is 0 Å². The Morgan fingerprint density at radius 2 is 2.04 bits per heavy atom. The summed E-state index contributed by atoms with van der Waals surface area (Å²) in [5.74, 6) is 0.00609. The number of nitrogens with zero attached hydrogens (tertiary/aromatic N) is 1. The summed E-state index contributed by atoms with van der Waals surface area (Å²) >= 11 is 5.87. The summed E-state index contributed by atoms with van der Waals surface area (Å²) < 4.78 is 4.87. The number of methoxy groups -OCH3 is 1. The Labute approximate surface area is 148 Å².